The number of benzene rings is 1. The summed E-state index contributed by atoms with van der Waals surface area (Å²) in [5.41, 5.74) is 1.04. The third kappa shape index (κ3) is 2.88. The molecule has 2 aromatic rings. The standard InChI is InChI=1S/C12H9BrN2O2/c13-9-7-14-10(15-11(9)12(16)17)6-8-4-2-1-3-5-8/h1-5,7H,6H2,(H,16,17). The molecule has 1 aromatic heterocycles. The van der Waals surface area contributed by atoms with Gasteiger partial charge in [-0.3, -0.25) is 0 Å². The lowest BCUT2D eigenvalue weighted by Crippen LogP contribution is -2.06. The molecule has 0 saturated heterocycles. The van der Waals surface area contributed by atoms with Crippen molar-refractivity contribution >= 4 is 21.9 Å². The third-order valence-electron chi connectivity index (χ3n) is 2.20. The average Bonchev–Trinajstić information content (AvgIpc) is 2.32. The van der Waals surface area contributed by atoms with Gasteiger partial charge >= 0.3 is 5.97 Å². The molecule has 1 aromatic carbocycles. The summed E-state index contributed by atoms with van der Waals surface area (Å²) >= 11 is 3.11. The molecule has 2 rings (SSSR count). The molecule has 0 radical (unpaired) electrons. The highest BCUT2D eigenvalue weighted by Gasteiger charge is 2.12. The zero-order valence-electron chi connectivity index (χ0n) is 8.80. The minimum Gasteiger partial charge on any atom is -0.476 e. The lowest BCUT2D eigenvalue weighted by Gasteiger charge is -2.03. The predicted octanol–water partition coefficient (Wildman–Crippen LogP) is 2.53. The van der Waals surface area contributed by atoms with E-state index in [9.17, 15) is 4.79 Å². The van der Waals surface area contributed by atoms with Gasteiger partial charge in [0.1, 0.15) is 5.82 Å². The molecule has 0 bridgehead atoms. The van der Waals surface area contributed by atoms with Crippen molar-refractivity contribution in [3.8, 4) is 0 Å². The van der Waals surface area contributed by atoms with Crippen LogP contribution in [0.15, 0.2) is 41.0 Å². The second kappa shape index (κ2) is 5.05. The van der Waals surface area contributed by atoms with Crippen molar-refractivity contribution in [3.63, 3.8) is 0 Å². The van der Waals surface area contributed by atoms with Crippen molar-refractivity contribution in [2.24, 2.45) is 0 Å². The van der Waals surface area contributed by atoms with Crippen molar-refractivity contribution in [1.82, 2.24) is 9.97 Å². The largest absolute Gasteiger partial charge is 0.476 e. The first-order valence-electron chi connectivity index (χ1n) is 4.95. The molecule has 17 heavy (non-hydrogen) atoms. The van der Waals surface area contributed by atoms with Gasteiger partial charge in [-0.25, -0.2) is 14.8 Å². The maximum atomic E-state index is 10.9. The van der Waals surface area contributed by atoms with Crippen LogP contribution in [0.25, 0.3) is 0 Å². The fourth-order valence-electron chi connectivity index (χ4n) is 1.42. The first-order chi connectivity index (χ1) is 8.16. The number of hydrogen-bond donors (Lipinski definition) is 1. The molecule has 1 N–H and O–H groups in total. The molecular weight excluding hydrogens is 284 g/mol. The van der Waals surface area contributed by atoms with E-state index in [1.165, 1.54) is 6.20 Å². The van der Waals surface area contributed by atoms with Gasteiger partial charge in [0.25, 0.3) is 0 Å². The van der Waals surface area contributed by atoms with Crippen LogP contribution in [0, 0.1) is 0 Å². The van der Waals surface area contributed by atoms with Crippen LogP contribution in [0.1, 0.15) is 21.9 Å². The SMILES string of the molecule is O=C(O)c1nc(Cc2ccccc2)ncc1Br. The van der Waals surface area contributed by atoms with Gasteiger partial charge in [0.05, 0.1) is 4.47 Å². The number of rotatable bonds is 3. The van der Waals surface area contributed by atoms with E-state index >= 15 is 0 Å². The minimum atomic E-state index is -1.06. The molecule has 86 valence electrons. The Morgan fingerprint density at radius 1 is 1.29 bits per heavy atom. The van der Waals surface area contributed by atoms with Crippen LogP contribution in [0.2, 0.25) is 0 Å². The number of hydrogen-bond acceptors (Lipinski definition) is 3. The number of carboxylic acid groups (broad SMARTS) is 1. The Bertz CT molecular complexity index is 543. The van der Waals surface area contributed by atoms with Crippen LogP contribution in [-0.4, -0.2) is 21.0 Å². The number of halogens is 1. The van der Waals surface area contributed by atoms with E-state index in [0.717, 1.165) is 5.56 Å². The van der Waals surface area contributed by atoms with E-state index in [-0.39, 0.29) is 5.69 Å². The molecule has 0 atom stereocenters. The summed E-state index contributed by atoms with van der Waals surface area (Å²) in [7, 11) is 0. The minimum absolute atomic E-state index is 0.00840. The molecule has 0 aliphatic heterocycles. The fraction of sp³-hybridized carbons (Fsp3) is 0.0833. The van der Waals surface area contributed by atoms with Crippen LogP contribution in [-0.2, 0) is 6.42 Å². The van der Waals surface area contributed by atoms with Gasteiger partial charge in [0.2, 0.25) is 0 Å². The maximum Gasteiger partial charge on any atom is 0.355 e. The summed E-state index contributed by atoms with van der Waals surface area (Å²) in [6.07, 6.45) is 1.99. The molecule has 0 saturated carbocycles. The number of carbonyl (C=O) groups is 1. The third-order valence-corrected chi connectivity index (χ3v) is 2.78. The summed E-state index contributed by atoms with van der Waals surface area (Å²) in [6, 6.07) is 9.67. The van der Waals surface area contributed by atoms with Gasteiger partial charge < -0.3 is 5.11 Å². The summed E-state index contributed by atoms with van der Waals surface area (Å²) in [5.74, 6) is -0.564. The summed E-state index contributed by atoms with van der Waals surface area (Å²) in [4.78, 5) is 19.0. The highest BCUT2D eigenvalue weighted by atomic mass is 79.9. The Balaban J connectivity index is 2.29. The molecule has 0 amide bonds. The molecule has 0 aliphatic rings. The predicted molar refractivity (Wildman–Crippen MR) is 65.9 cm³/mol. The first-order valence-corrected chi connectivity index (χ1v) is 5.75. The maximum absolute atomic E-state index is 10.9. The van der Waals surface area contributed by atoms with Crippen LogP contribution >= 0.6 is 15.9 Å². The smallest absolute Gasteiger partial charge is 0.355 e. The Kier molecular flexibility index (Phi) is 3.49. The van der Waals surface area contributed by atoms with E-state index < -0.39 is 5.97 Å². The molecule has 0 fully saturated rings. The van der Waals surface area contributed by atoms with Gasteiger partial charge in [-0.05, 0) is 21.5 Å². The van der Waals surface area contributed by atoms with Gasteiger partial charge in [-0.2, -0.15) is 0 Å². The van der Waals surface area contributed by atoms with Crippen LogP contribution in [0.3, 0.4) is 0 Å². The normalized spacial score (nSPS) is 10.2. The summed E-state index contributed by atoms with van der Waals surface area (Å²) in [5, 5.41) is 8.94. The Morgan fingerprint density at radius 2 is 2.00 bits per heavy atom. The second-order valence-electron chi connectivity index (χ2n) is 3.45. The summed E-state index contributed by atoms with van der Waals surface area (Å²) < 4.78 is 0.391. The van der Waals surface area contributed by atoms with E-state index in [1.54, 1.807) is 0 Å². The van der Waals surface area contributed by atoms with Crippen molar-refractivity contribution in [1.29, 1.82) is 0 Å². The highest BCUT2D eigenvalue weighted by Crippen LogP contribution is 2.14. The molecule has 5 heteroatoms. The lowest BCUT2D eigenvalue weighted by atomic mass is 10.1. The first kappa shape index (κ1) is 11.7. The number of nitrogens with zero attached hydrogens (tertiary/aromatic N) is 2. The highest BCUT2D eigenvalue weighted by molar-refractivity contribution is 9.10. The van der Waals surface area contributed by atoms with Crippen molar-refractivity contribution in [2.45, 2.75) is 6.42 Å². The van der Waals surface area contributed by atoms with E-state index in [2.05, 4.69) is 25.9 Å². The van der Waals surface area contributed by atoms with Crippen LogP contribution in [0.4, 0.5) is 0 Å². The quantitative estimate of drug-likeness (QED) is 0.944. The Hall–Kier alpha value is -1.75. The van der Waals surface area contributed by atoms with Crippen molar-refractivity contribution in [3.05, 3.63) is 58.1 Å². The number of aromatic nitrogens is 2. The van der Waals surface area contributed by atoms with Crippen LogP contribution in [0.5, 0.6) is 0 Å². The Morgan fingerprint density at radius 3 is 2.65 bits per heavy atom. The van der Waals surface area contributed by atoms with E-state index in [0.29, 0.717) is 16.7 Å². The topological polar surface area (TPSA) is 63.1 Å². The van der Waals surface area contributed by atoms with Crippen molar-refractivity contribution in [2.75, 3.05) is 0 Å². The fourth-order valence-corrected chi connectivity index (χ4v) is 1.78. The second-order valence-corrected chi connectivity index (χ2v) is 4.30. The molecule has 0 aliphatic carbocycles. The average molecular weight is 293 g/mol. The van der Waals surface area contributed by atoms with Gasteiger partial charge in [-0.15, -0.1) is 0 Å². The lowest BCUT2D eigenvalue weighted by molar-refractivity contribution is 0.0688. The van der Waals surface area contributed by atoms with E-state index in [1.807, 2.05) is 30.3 Å². The van der Waals surface area contributed by atoms with Gasteiger partial charge in [-0.1, -0.05) is 30.3 Å². The zero-order valence-corrected chi connectivity index (χ0v) is 10.4. The Labute approximate surface area is 106 Å². The van der Waals surface area contributed by atoms with Gasteiger partial charge in [0.15, 0.2) is 5.69 Å². The molecular formula is C12H9BrN2O2. The molecule has 0 unspecified atom stereocenters. The summed E-state index contributed by atoms with van der Waals surface area (Å²) in [6.45, 7) is 0. The molecule has 4 nitrogen and oxygen atoms in total. The number of aromatic carboxylic acids is 1. The van der Waals surface area contributed by atoms with E-state index in [4.69, 9.17) is 5.11 Å². The van der Waals surface area contributed by atoms with Gasteiger partial charge in [0, 0.05) is 12.6 Å². The number of carboxylic acids is 1. The molecule has 0 spiro atoms. The monoisotopic (exact) mass is 292 g/mol. The van der Waals surface area contributed by atoms with Crippen molar-refractivity contribution < 1.29 is 9.90 Å². The van der Waals surface area contributed by atoms with Crippen LogP contribution < -0.4 is 0 Å². The zero-order chi connectivity index (χ0) is 12.3. The molecule has 1 heterocycles.